The Hall–Kier alpha value is -1.27. The highest BCUT2D eigenvalue weighted by atomic mass is 35.5. The van der Waals surface area contributed by atoms with E-state index in [-0.39, 0.29) is 23.7 Å². The van der Waals surface area contributed by atoms with Gasteiger partial charge >= 0.3 is 6.18 Å². The van der Waals surface area contributed by atoms with Crippen LogP contribution in [0.1, 0.15) is 23.7 Å². The van der Waals surface area contributed by atoms with E-state index in [1.165, 1.54) is 25.3 Å². The minimum Gasteiger partial charge on any atom is -0.495 e. The fourth-order valence-electron chi connectivity index (χ4n) is 1.92. The number of ether oxygens (including phenoxy) is 1. The summed E-state index contributed by atoms with van der Waals surface area (Å²) in [5.41, 5.74) is 0.268. The molecule has 21 heavy (non-hydrogen) atoms. The highest BCUT2D eigenvalue weighted by Crippen LogP contribution is 2.25. The Morgan fingerprint density at radius 3 is 2.52 bits per heavy atom. The average molecular weight is 324 g/mol. The Morgan fingerprint density at radius 2 is 2.05 bits per heavy atom. The van der Waals surface area contributed by atoms with Crippen molar-refractivity contribution in [1.29, 1.82) is 0 Å². The maximum Gasteiger partial charge on any atom is 0.401 e. The molecule has 0 unspecified atom stereocenters. The summed E-state index contributed by atoms with van der Waals surface area (Å²) in [6.07, 6.45) is -3.79. The number of ketones is 1. The van der Waals surface area contributed by atoms with E-state index in [2.05, 4.69) is 0 Å². The number of carbonyl (C=O) groups excluding carboxylic acids is 1. The van der Waals surface area contributed by atoms with Crippen LogP contribution in [0.15, 0.2) is 18.2 Å². The van der Waals surface area contributed by atoms with Crippen molar-refractivity contribution in [2.75, 3.05) is 26.7 Å². The van der Waals surface area contributed by atoms with Gasteiger partial charge in [-0.1, -0.05) is 18.5 Å². The van der Waals surface area contributed by atoms with Crippen molar-refractivity contribution in [3.05, 3.63) is 28.8 Å². The van der Waals surface area contributed by atoms with Gasteiger partial charge in [-0.05, 0) is 31.2 Å². The molecule has 1 aromatic carbocycles. The Morgan fingerprint density at radius 1 is 1.38 bits per heavy atom. The van der Waals surface area contributed by atoms with Gasteiger partial charge in [0.1, 0.15) is 5.75 Å². The van der Waals surface area contributed by atoms with Crippen LogP contribution in [0.4, 0.5) is 13.2 Å². The molecule has 0 spiro atoms. The van der Waals surface area contributed by atoms with Gasteiger partial charge in [-0.3, -0.25) is 9.69 Å². The van der Waals surface area contributed by atoms with Gasteiger partial charge in [-0.2, -0.15) is 13.2 Å². The number of carbonyl (C=O) groups is 1. The third kappa shape index (κ3) is 5.93. The standard InChI is InChI=1S/C14H17ClF3NO2/c1-3-6-19(9-14(16,17)18)8-12(20)10-4-5-13(21-2)11(15)7-10/h4-5,7H,3,6,8-9H2,1-2H3. The van der Waals surface area contributed by atoms with Crippen molar-refractivity contribution in [2.24, 2.45) is 0 Å². The van der Waals surface area contributed by atoms with Crippen molar-refractivity contribution in [1.82, 2.24) is 4.90 Å². The first kappa shape index (κ1) is 17.8. The molecule has 0 atom stereocenters. The second kappa shape index (κ2) is 7.66. The lowest BCUT2D eigenvalue weighted by atomic mass is 10.1. The topological polar surface area (TPSA) is 29.5 Å². The van der Waals surface area contributed by atoms with Crippen LogP contribution in [0.2, 0.25) is 5.02 Å². The van der Waals surface area contributed by atoms with Crippen molar-refractivity contribution in [2.45, 2.75) is 19.5 Å². The lowest BCUT2D eigenvalue weighted by Crippen LogP contribution is -2.38. The third-order valence-corrected chi connectivity index (χ3v) is 3.08. The number of Topliss-reactive ketones (excluding diaryl/α,β-unsaturated/α-hetero) is 1. The quantitative estimate of drug-likeness (QED) is 0.715. The molecule has 0 radical (unpaired) electrons. The summed E-state index contributed by atoms with van der Waals surface area (Å²) in [4.78, 5) is 13.1. The van der Waals surface area contributed by atoms with E-state index >= 15 is 0 Å². The van der Waals surface area contributed by atoms with Crippen LogP contribution < -0.4 is 4.74 Å². The molecular formula is C14H17ClF3NO2. The number of methoxy groups -OCH3 is 1. The van der Waals surface area contributed by atoms with E-state index in [1.807, 2.05) is 0 Å². The van der Waals surface area contributed by atoms with Crippen molar-refractivity contribution in [3.63, 3.8) is 0 Å². The smallest absolute Gasteiger partial charge is 0.401 e. The van der Waals surface area contributed by atoms with Crippen LogP contribution in [0.3, 0.4) is 0 Å². The van der Waals surface area contributed by atoms with Crippen LogP contribution in [0.25, 0.3) is 0 Å². The molecule has 0 aliphatic rings. The van der Waals surface area contributed by atoms with Gasteiger partial charge in [0.25, 0.3) is 0 Å². The monoisotopic (exact) mass is 323 g/mol. The largest absolute Gasteiger partial charge is 0.495 e. The van der Waals surface area contributed by atoms with Gasteiger partial charge in [0, 0.05) is 5.56 Å². The van der Waals surface area contributed by atoms with Crippen molar-refractivity contribution >= 4 is 17.4 Å². The zero-order valence-electron chi connectivity index (χ0n) is 11.8. The summed E-state index contributed by atoms with van der Waals surface area (Å²) < 4.78 is 42.3. The van der Waals surface area contributed by atoms with E-state index in [0.717, 1.165) is 4.90 Å². The molecule has 1 rings (SSSR count). The minimum atomic E-state index is -4.33. The fraction of sp³-hybridized carbons (Fsp3) is 0.500. The molecule has 0 fully saturated rings. The highest BCUT2D eigenvalue weighted by Gasteiger charge is 2.31. The molecule has 0 heterocycles. The van der Waals surface area contributed by atoms with Crippen molar-refractivity contribution in [3.8, 4) is 5.75 Å². The number of rotatable bonds is 7. The van der Waals surface area contributed by atoms with Gasteiger partial charge in [0.2, 0.25) is 0 Å². The molecule has 7 heteroatoms. The van der Waals surface area contributed by atoms with Crippen molar-refractivity contribution < 1.29 is 22.7 Å². The van der Waals surface area contributed by atoms with E-state index in [1.54, 1.807) is 6.92 Å². The van der Waals surface area contributed by atoms with Gasteiger partial charge in [-0.25, -0.2) is 0 Å². The summed E-state index contributed by atoms with van der Waals surface area (Å²) >= 11 is 5.91. The first-order chi connectivity index (χ1) is 9.76. The first-order valence-corrected chi connectivity index (χ1v) is 6.80. The molecule has 0 aliphatic heterocycles. The zero-order valence-corrected chi connectivity index (χ0v) is 12.6. The molecule has 0 saturated heterocycles. The third-order valence-electron chi connectivity index (χ3n) is 2.78. The predicted molar refractivity (Wildman–Crippen MR) is 75.1 cm³/mol. The van der Waals surface area contributed by atoms with Gasteiger partial charge in [0.15, 0.2) is 5.78 Å². The maximum absolute atomic E-state index is 12.5. The summed E-state index contributed by atoms with van der Waals surface area (Å²) in [6.45, 7) is 0.569. The van der Waals surface area contributed by atoms with Gasteiger partial charge in [0.05, 0.1) is 25.2 Å². The van der Waals surface area contributed by atoms with Crippen LogP contribution in [0.5, 0.6) is 5.75 Å². The fourth-order valence-corrected chi connectivity index (χ4v) is 2.18. The summed E-state index contributed by atoms with van der Waals surface area (Å²) in [5, 5.41) is 0.251. The summed E-state index contributed by atoms with van der Waals surface area (Å²) in [5.74, 6) is 0.00572. The molecule has 1 aromatic rings. The summed E-state index contributed by atoms with van der Waals surface area (Å²) in [6, 6.07) is 4.41. The molecule has 118 valence electrons. The zero-order chi connectivity index (χ0) is 16.0. The lowest BCUT2D eigenvalue weighted by Gasteiger charge is -2.22. The number of halogens is 4. The van der Waals surface area contributed by atoms with Gasteiger partial charge < -0.3 is 4.74 Å². The number of hydrogen-bond acceptors (Lipinski definition) is 3. The molecule has 0 bridgehead atoms. The number of hydrogen-bond donors (Lipinski definition) is 0. The van der Waals surface area contributed by atoms with Crippen LogP contribution in [0, 0.1) is 0 Å². The molecule has 0 amide bonds. The van der Waals surface area contributed by atoms with E-state index in [0.29, 0.717) is 12.2 Å². The number of benzene rings is 1. The molecule has 0 N–H and O–H groups in total. The highest BCUT2D eigenvalue weighted by molar-refractivity contribution is 6.32. The lowest BCUT2D eigenvalue weighted by molar-refractivity contribution is -0.144. The molecule has 0 aliphatic carbocycles. The van der Waals surface area contributed by atoms with E-state index in [4.69, 9.17) is 16.3 Å². The van der Waals surface area contributed by atoms with Gasteiger partial charge in [-0.15, -0.1) is 0 Å². The maximum atomic E-state index is 12.5. The van der Waals surface area contributed by atoms with Crippen LogP contribution >= 0.6 is 11.6 Å². The Bertz CT molecular complexity index is 492. The normalized spacial score (nSPS) is 11.8. The second-order valence-corrected chi connectivity index (χ2v) is 5.01. The average Bonchev–Trinajstić information content (AvgIpc) is 2.36. The Kier molecular flexibility index (Phi) is 6.48. The molecule has 0 saturated carbocycles. The number of nitrogens with zero attached hydrogens (tertiary/aromatic N) is 1. The predicted octanol–water partition coefficient (Wildman–Crippen LogP) is 3.81. The molecule has 3 nitrogen and oxygen atoms in total. The minimum absolute atomic E-state index is 0.204. The Balaban J connectivity index is 2.79. The second-order valence-electron chi connectivity index (χ2n) is 4.60. The van der Waals surface area contributed by atoms with Crippen LogP contribution in [-0.2, 0) is 0 Å². The number of alkyl halides is 3. The summed E-state index contributed by atoms with van der Waals surface area (Å²) in [7, 11) is 1.44. The molecule has 0 aromatic heterocycles. The SMILES string of the molecule is CCCN(CC(=O)c1ccc(OC)c(Cl)c1)CC(F)(F)F. The van der Waals surface area contributed by atoms with E-state index < -0.39 is 18.5 Å². The molecular weight excluding hydrogens is 307 g/mol. The van der Waals surface area contributed by atoms with Crippen LogP contribution in [-0.4, -0.2) is 43.6 Å². The van der Waals surface area contributed by atoms with E-state index in [9.17, 15) is 18.0 Å². The Labute approximate surface area is 126 Å². The first-order valence-electron chi connectivity index (χ1n) is 6.42.